The SMILES string of the molecule is Cc1cccc(-c2nnc3c4ccccc4nc(N4CCN(C(=O)c5ccccc5)CC4)n23)c1. The lowest BCUT2D eigenvalue weighted by Crippen LogP contribution is -2.49. The number of hydrogen-bond donors (Lipinski definition) is 0. The Balaban J connectivity index is 1.40. The van der Waals surface area contributed by atoms with Crippen LogP contribution >= 0.6 is 0 Å². The molecule has 3 heterocycles. The van der Waals surface area contributed by atoms with Crippen LogP contribution in [0.3, 0.4) is 0 Å². The number of carbonyl (C=O) groups is 1. The summed E-state index contributed by atoms with van der Waals surface area (Å²) in [6.45, 7) is 4.70. The molecule has 2 aromatic heterocycles. The molecule has 7 nitrogen and oxygen atoms in total. The number of carbonyl (C=O) groups excluding carboxylic acids is 1. The molecule has 0 radical (unpaired) electrons. The standard InChI is InChI=1S/C27H24N6O/c1-19-8-7-11-21(18-19)24-29-30-25-22-12-5-6-13-23(22)28-27(33(24)25)32-16-14-31(15-17-32)26(34)20-9-3-2-4-10-20/h2-13,18H,14-17H2,1H3. The van der Waals surface area contributed by atoms with Crippen LogP contribution in [-0.2, 0) is 0 Å². The molecule has 0 spiro atoms. The first kappa shape index (κ1) is 20.4. The van der Waals surface area contributed by atoms with Crippen molar-refractivity contribution in [3.05, 3.63) is 90.0 Å². The van der Waals surface area contributed by atoms with Gasteiger partial charge in [0, 0.05) is 42.7 Å². The number of para-hydroxylation sites is 1. The van der Waals surface area contributed by atoms with E-state index in [0.29, 0.717) is 26.2 Å². The van der Waals surface area contributed by atoms with Crippen molar-refractivity contribution >= 4 is 28.4 Å². The molecule has 0 saturated carbocycles. The number of piperazine rings is 1. The van der Waals surface area contributed by atoms with Crippen molar-refractivity contribution in [2.75, 3.05) is 31.1 Å². The number of aryl methyl sites for hydroxylation is 1. The monoisotopic (exact) mass is 448 g/mol. The second kappa shape index (κ2) is 8.26. The molecule has 1 amide bonds. The highest BCUT2D eigenvalue weighted by atomic mass is 16.2. The van der Waals surface area contributed by atoms with E-state index in [4.69, 9.17) is 4.98 Å². The first-order valence-electron chi connectivity index (χ1n) is 11.5. The summed E-state index contributed by atoms with van der Waals surface area (Å²) in [6, 6.07) is 25.8. The number of aromatic nitrogens is 4. The molecular weight excluding hydrogens is 424 g/mol. The highest BCUT2D eigenvalue weighted by molar-refractivity contribution is 5.95. The maximum atomic E-state index is 12.9. The van der Waals surface area contributed by atoms with E-state index < -0.39 is 0 Å². The smallest absolute Gasteiger partial charge is 0.253 e. The van der Waals surface area contributed by atoms with Gasteiger partial charge in [-0.2, -0.15) is 0 Å². The van der Waals surface area contributed by atoms with Crippen molar-refractivity contribution in [3.63, 3.8) is 0 Å². The van der Waals surface area contributed by atoms with E-state index >= 15 is 0 Å². The molecule has 3 aromatic carbocycles. The van der Waals surface area contributed by atoms with Gasteiger partial charge in [0.25, 0.3) is 5.91 Å². The van der Waals surface area contributed by atoms with Crippen LogP contribution < -0.4 is 4.90 Å². The van der Waals surface area contributed by atoms with Gasteiger partial charge in [0.05, 0.1) is 5.52 Å². The quantitative estimate of drug-likeness (QED) is 0.414. The second-order valence-electron chi connectivity index (χ2n) is 8.63. The fourth-order valence-electron chi connectivity index (χ4n) is 4.62. The van der Waals surface area contributed by atoms with Crippen molar-refractivity contribution in [2.45, 2.75) is 6.92 Å². The predicted molar refractivity (Wildman–Crippen MR) is 133 cm³/mol. The molecule has 168 valence electrons. The molecule has 1 aliphatic rings. The van der Waals surface area contributed by atoms with E-state index in [1.54, 1.807) is 0 Å². The highest BCUT2D eigenvalue weighted by Crippen LogP contribution is 2.29. The minimum Gasteiger partial charge on any atom is -0.338 e. The Kier molecular flexibility index (Phi) is 4.95. The average Bonchev–Trinajstić information content (AvgIpc) is 3.34. The van der Waals surface area contributed by atoms with Crippen LogP contribution in [0.2, 0.25) is 0 Å². The number of amides is 1. The lowest BCUT2D eigenvalue weighted by molar-refractivity contribution is 0.0746. The van der Waals surface area contributed by atoms with Crippen LogP contribution in [0.15, 0.2) is 78.9 Å². The lowest BCUT2D eigenvalue weighted by Gasteiger charge is -2.35. The van der Waals surface area contributed by atoms with Crippen LogP contribution in [0, 0.1) is 6.92 Å². The molecule has 34 heavy (non-hydrogen) atoms. The van der Waals surface area contributed by atoms with Gasteiger partial charge in [-0.1, -0.05) is 54.1 Å². The minimum atomic E-state index is 0.0709. The summed E-state index contributed by atoms with van der Waals surface area (Å²) in [7, 11) is 0. The summed E-state index contributed by atoms with van der Waals surface area (Å²) in [5.41, 5.74) is 4.57. The first-order chi connectivity index (χ1) is 16.7. The number of hydrogen-bond acceptors (Lipinski definition) is 5. The Labute approximate surface area is 197 Å². The number of rotatable bonds is 3. The molecule has 7 heteroatoms. The maximum absolute atomic E-state index is 12.9. The summed E-state index contributed by atoms with van der Waals surface area (Å²) < 4.78 is 2.06. The zero-order chi connectivity index (χ0) is 23.1. The van der Waals surface area contributed by atoms with Gasteiger partial charge >= 0.3 is 0 Å². The Morgan fingerprint density at radius 2 is 1.59 bits per heavy atom. The van der Waals surface area contributed by atoms with E-state index in [0.717, 1.165) is 45.0 Å². The van der Waals surface area contributed by atoms with Crippen LogP contribution in [-0.4, -0.2) is 56.6 Å². The zero-order valence-electron chi connectivity index (χ0n) is 18.9. The molecule has 5 aromatic rings. The van der Waals surface area contributed by atoms with Gasteiger partial charge in [0.2, 0.25) is 5.95 Å². The molecule has 6 rings (SSSR count). The molecule has 1 aliphatic heterocycles. The van der Waals surface area contributed by atoms with Crippen LogP contribution in [0.5, 0.6) is 0 Å². The Morgan fingerprint density at radius 1 is 0.824 bits per heavy atom. The van der Waals surface area contributed by atoms with E-state index in [-0.39, 0.29) is 5.91 Å². The van der Waals surface area contributed by atoms with Gasteiger partial charge in [-0.25, -0.2) is 9.38 Å². The predicted octanol–water partition coefficient (Wildman–Crippen LogP) is 4.22. The van der Waals surface area contributed by atoms with E-state index in [9.17, 15) is 4.79 Å². The molecule has 1 fully saturated rings. The first-order valence-corrected chi connectivity index (χ1v) is 11.5. The number of fused-ring (bicyclic) bond motifs is 3. The van der Waals surface area contributed by atoms with Gasteiger partial charge in [-0.15, -0.1) is 10.2 Å². The molecule has 1 saturated heterocycles. The average molecular weight is 449 g/mol. The molecule has 0 aliphatic carbocycles. The van der Waals surface area contributed by atoms with Gasteiger partial charge in [-0.3, -0.25) is 4.79 Å². The Hall–Kier alpha value is -4.26. The third-order valence-electron chi connectivity index (χ3n) is 6.38. The topological polar surface area (TPSA) is 66.6 Å². The van der Waals surface area contributed by atoms with Crippen LogP contribution in [0.25, 0.3) is 27.9 Å². The lowest BCUT2D eigenvalue weighted by atomic mass is 10.1. The fourth-order valence-corrected chi connectivity index (χ4v) is 4.62. The summed E-state index contributed by atoms with van der Waals surface area (Å²) in [5.74, 6) is 1.65. The zero-order valence-corrected chi connectivity index (χ0v) is 18.9. The van der Waals surface area contributed by atoms with Crippen LogP contribution in [0.4, 0.5) is 5.95 Å². The van der Waals surface area contributed by atoms with E-state index in [1.807, 2.05) is 65.6 Å². The second-order valence-corrected chi connectivity index (χ2v) is 8.63. The summed E-state index contributed by atoms with van der Waals surface area (Å²) >= 11 is 0. The number of anilines is 1. The fraction of sp³-hybridized carbons (Fsp3) is 0.185. The normalized spacial score (nSPS) is 14.1. The number of nitrogens with zero attached hydrogens (tertiary/aromatic N) is 6. The summed E-state index contributed by atoms with van der Waals surface area (Å²) in [6.07, 6.45) is 0. The summed E-state index contributed by atoms with van der Waals surface area (Å²) in [4.78, 5) is 22.1. The van der Waals surface area contributed by atoms with Crippen molar-refractivity contribution in [1.82, 2.24) is 24.5 Å². The third kappa shape index (κ3) is 3.46. The van der Waals surface area contributed by atoms with Gasteiger partial charge in [0.15, 0.2) is 11.5 Å². The maximum Gasteiger partial charge on any atom is 0.253 e. The van der Waals surface area contributed by atoms with Gasteiger partial charge < -0.3 is 9.80 Å². The Bertz CT molecular complexity index is 1500. The largest absolute Gasteiger partial charge is 0.338 e. The highest BCUT2D eigenvalue weighted by Gasteiger charge is 2.26. The third-order valence-corrected chi connectivity index (χ3v) is 6.38. The molecule has 0 N–H and O–H groups in total. The van der Waals surface area contributed by atoms with Crippen molar-refractivity contribution < 1.29 is 4.79 Å². The Morgan fingerprint density at radius 3 is 2.38 bits per heavy atom. The van der Waals surface area contributed by atoms with E-state index in [2.05, 4.69) is 44.6 Å². The van der Waals surface area contributed by atoms with Crippen molar-refractivity contribution in [2.24, 2.45) is 0 Å². The molecule has 0 bridgehead atoms. The van der Waals surface area contributed by atoms with E-state index in [1.165, 1.54) is 0 Å². The van der Waals surface area contributed by atoms with Gasteiger partial charge in [-0.05, 0) is 37.3 Å². The molecular formula is C27H24N6O. The minimum absolute atomic E-state index is 0.0709. The molecule has 0 unspecified atom stereocenters. The van der Waals surface area contributed by atoms with Gasteiger partial charge in [0.1, 0.15) is 0 Å². The van der Waals surface area contributed by atoms with Crippen molar-refractivity contribution in [3.8, 4) is 11.4 Å². The van der Waals surface area contributed by atoms with Crippen molar-refractivity contribution in [1.29, 1.82) is 0 Å². The number of benzene rings is 3. The molecule has 0 atom stereocenters. The van der Waals surface area contributed by atoms with Crippen LogP contribution in [0.1, 0.15) is 15.9 Å². The summed E-state index contributed by atoms with van der Waals surface area (Å²) in [5, 5.41) is 10.1.